The maximum atomic E-state index is 13.0. The standard InChI is InChI=1S/C24H26F2N4O5/c1-24(17-4-8-19(9-5-17)35-22(25)26)21(32)30(23(33)28-24)15-20(31)27-18-6-2-16(3-7-18)14-29-10-12-34-13-11-29/h2-9,22H,10-15H2,1H3,(H,27,31)(H,28,33)/t24-/m0/s1. The normalized spacial score (nSPS) is 20.7. The first-order chi connectivity index (χ1) is 16.7. The van der Waals surface area contributed by atoms with Crippen LogP contribution in [0.1, 0.15) is 18.1 Å². The van der Waals surface area contributed by atoms with Gasteiger partial charge in [0.05, 0.1) is 13.2 Å². The Morgan fingerprint density at radius 1 is 1.11 bits per heavy atom. The molecule has 4 rings (SSSR count). The van der Waals surface area contributed by atoms with Crippen LogP contribution in [0, 0.1) is 0 Å². The highest BCUT2D eigenvalue weighted by Crippen LogP contribution is 2.30. The lowest BCUT2D eigenvalue weighted by Crippen LogP contribution is -2.42. The third-order valence-corrected chi connectivity index (χ3v) is 5.98. The number of nitrogens with one attached hydrogen (secondary N) is 2. The van der Waals surface area contributed by atoms with E-state index in [1.165, 1.54) is 31.2 Å². The zero-order valence-corrected chi connectivity index (χ0v) is 19.1. The summed E-state index contributed by atoms with van der Waals surface area (Å²) in [5.41, 5.74) is 0.572. The highest BCUT2D eigenvalue weighted by atomic mass is 19.3. The number of hydrogen-bond acceptors (Lipinski definition) is 6. The summed E-state index contributed by atoms with van der Waals surface area (Å²) in [6.45, 7) is 2.01. The van der Waals surface area contributed by atoms with Crippen molar-refractivity contribution < 1.29 is 32.6 Å². The minimum Gasteiger partial charge on any atom is -0.435 e. The second-order valence-electron chi connectivity index (χ2n) is 8.48. The minimum atomic E-state index is -2.97. The van der Waals surface area contributed by atoms with E-state index < -0.39 is 36.5 Å². The van der Waals surface area contributed by atoms with Crippen LogP contribution in [0.25, 0.3) is 0 Å². The van der Waals surface area contributed by atoms with Crippen molar-refractivity contribution in [3.63, 3.8) is 0 Å². The number of hydrogen-bond donors (Lipinski definition) is 2. The van der Waals surface area contributed by atoms with Crippen LogP contribution >= 0.6 is 0 Å². The average molecular weight is 488 g/mol. The maximum absolute atomic E-state index is 13.0. The second kappa shape index (κ2) is 10.4. The molecular formula is C24H26F2N4O5. The molecule has 2 aromatic carbocycles. The lowest BCUT2D eigenvalue weighted by molar-refractivity contribution is -0.133. The second-order valence-corrected chi connectivity index (χ2v) is 8.48. The monoisotopic (exact) mass is 488 g/mol. The van der Waals surface area contributed by atoms with Gasteiger partial charge in [-0.15, -0.1) is 0 Å². The Morgan fingerprint density at radius 2 is 1.77 bits per heavy atom. The first kappa shape index (κ1) is 24.6. The fraction of sp³-hybridized carbons (Fsp3) is 0.375. The number of ether oxygens (including phenoxy) is 2. The Labute approximate surface area is 201 Å². The molecule has 1 atom stereocenters. The van der Waals surface area contributed by atoms with E-state index in [0.29, 0.717) is 24.5 Å². The number of halogens is 2. The van der Waals surface area contributed by atoms with Crippen molar-refractivity contribution in [3.05, 3.63) is 59.7 Å². The molecule has 2 fully saturated rings. The molecule has 186 valence electrons. The van der Waals surface area contributed by atoms with Crippen molar-refractivity contribution >= 4 is 23.5 Å². The smallest absolute Gasteiger partial charge is 0.387 e. The van der Waals surface area contributed by atoms with Crippen LogP contribution in [-0.4, -0.2) is 67.1 Å². The summed E-state index contributed by atoms with van der Waals surface area (Å²) < 4.78 is 34.4. The van der Waals surface area contributed by atoms with E-state index in [0.717, 1.165) is 30.1 Å². The molecule has 0 aromatic heterocycles. The van der Waals surface area contributed by atoms with E-state index in [1.807, 2.05) is 12.1 Å². The topological polar surface area (TPSA) is 100 Å². The zero-order valence-electron chi connectivity index (χ0n) is 19.1. The molecule has 0 spiro atoms. The van der Waals surface area contributed by atoms with Crippen molar-refractivity contribution in [2.45, 2.75) is 25.6 Å². The lowest BCUT2D eigenvalue weighted by Gasteiger charge is -2.26. The third kappa shape index (κ3) is 5.75. The van der Waals surface area contributed by atoms with Crippen LogP contribution in [-0.2, 0) is 26.4 Å². The summed E-state index contributed by atoms with van der Waals surface area (Å²) in [6, 6.07) is 12.0. The van der Waals surface area contributed by atoms with Gasteiger partial charge in [0.1, 0.15) is 17.8 Å². The Balaban J connectivity index is 1.35. The van der Waals surface area contributed by atoms with Crippen molar-refractivity contribution in [1.82, 2.24) is 15.1 Å². The largest absolute Gasteiger partial charge is 0.435 e. The first-order valence-corrected chi connectivity index (χ1v) is 11.1. The van der Waals surface area contributed by atoms with Gasteiger partial charge < -0.3 is 20.1 Å². The van der Waals surface area contributed by atoms with E-state index in [9.17, 15) is 23.2 Å². The summed E-state index contributed by atoms with van der Waals surface area (Å²) in [5, 5.41) is 5.28. The van der Waals surface area contributed by atoms with Gasteiger partial charge in [0.2, 0.25) is 5.91 Å². The van der Waals surface area contributed by atoms with Crippen LogP contribution in [0.4, 0.5) is 19.3 Å². The Bertz CT molecular complexity index is 1070. The minimum absolute atomic E-state index is 0.0729. The molecule has 0 bridgehead atoms. The Kier molecular flexibility index (Phi) is 7.27. The fourth-order valence-corrected chi connectivity index (χ4v) is 4.06. The van der Waals surface area contributed by atoms with Gasteiger partial charge in [-0.1, -0.05) is 24.3 Å². The predicted molar refractivity (Wildman–Crippen MR) is 122 cm³/mol. The molecule has 2 aliphatic rings. The summed E-state index contributed by atoms with van der Waals surface area (Å²) in [6.07, 6.45) is 0. The molecule has 35 heavy (non-hydrogen) atoms. The number of anilines is 1. The van der Waals surface area contributed by atoms with E-state index >= 15 is 0 Å². The molecule has 4 amide bonds. The Morgan fingerprint density at radius 3 is 2.40 bits per heavy atom. The predicted octanol–water partition coefficient (Wildman–Crippen LogP) is 2.53. The van der Waals surface area contributed by atoms with Gasteiger partial charge in [0, 0.05) is 25.3 Å². The number of alkyl halides is 2. The highest BCUT2D eigenvalue weighted by molar-refractivity contribution is 6.10. The Hall–Kier alpha value is -3.57. The fourth-order valence-electron chi connectivity index (χ4n) is 4.06. The van der Waals surface area contributed by atoms with Crippen LogP contribution in [0.2, 0.25) is 0 Å². The zero-order chi connectivity index (χ0) is 25.0. The number of amides is 4. The SMILES string of the molecule is C[C@@]1(c2ccc(OC(F)F)cc2)NC(=O)N(CC(=O)Nc2ccc(CN3CCOCC3)cc2)C1=O. The van der Waals surface area contributed by atoms with Gasteiger partial charge in [-0.05, 0) is 42.3 Å². The number of urea groups is 1. The average Bonchev–Trinajstić information content (AvgIpc) is 3.05. The lowest BCUT2D eigenvalue weighted by atomic mass is 9.92. The number of carbonyl (C=O) groups excluding carboxylic acids is 3. The van der Waals surface area contributed by atoms with E-state index in [-0.39, 0.29) is 5.75 Å². The van der Waals surface area contributed by atoms with Gasteiger partial charge >= 0.3 is 12.6 Å². The summed E-state index contributed by atoms with van der Waals surface area (Å²) in [7, 11) is 0. The number of imide groups is 1. The van der Waals surface area contributed by atoms with Gasteiger partial charge in [-0.25, -0.2) is 4.79 Å². The summed E-state index contributed by atoms with van der Waals surface area (Å²) in [4.78, 5) is 41.2. The van der Waals surface area contributed by atoms with Crippen LogP contribution in [0.3, 0.4) is 0 Å². The summed E-state index contributed by atoms with van der Waals surface area (Å²) >= 11 is 0. The van der Waals surface area contributed by atoms with Crippen molar-refractivity contribution in [1.29, 1.82) is 0 Å². The molecule has 0 unspecified atom stereocenters. The molecule has 0 saturated carbocycles. The first-order valence-electron chi connectivity index (χ1n) is 11.1. The molecule has 9 nitrogen and oxygen atoms in total. The third-order valence-electron chi connectivity index (χ3n) is 5.98. The number of benzene rings is 2. The van der Waals surface area contributed by atoms with E-state index in [4.69, 9.17) is 4.74 Å². The van der Waals surface area contributed by atoms with Crippen LogP contribution in [0.5, 0.6) is 5.75 Å². The number of morpholine rings is 1. The molecule has 0 radical (unpaired) electrons. The van der Waals surface area contributed by atoms with Crippen molar-refractivity contribution in [2.24, 2.45) is 0 Å². The molecule has 2 heterocycles. The summed E-state index contributed by atoms with van der Waals surface area (Å²) in [5.74, 6) is -1.23. The molecule has 2 aromatic rings. The van der Waals surface area contributed by atoms with Gasteiger partial charge in [-0.3, -0.25) is 19.4 Å². The molecule has 2 N–H and O–H groups in total. The van der Waals surface area contributed by atoms with Crippen LogP contribution < -0.4 is 15.4 Å². The molecule has 0 aliphatic carbocycles. The van der Waals surface area contributed by atoms with Gasteiger partial charge in [0.25, 0.3) is 5.91 Å². The van der Waals surface area contributed by atoms with Gasteiger partial charge in [-0.2, -0.15) is 8.78 Å². The molecule has 11 heteroatoms. The van der Waals surface area contributed by atoms with Crippen LogP contribution in [0.15, 0.2) is 48.5 Å². The highest BCUT2D eigenvalue weighted by Gasteiger charge is 2.49. The van der Waals surface area contributed by atoms with E-state index in [2.05, 4.69) is 20.3 Å². The molecular weight excluding hydrogens is 462 g/mol. The molecule has 2 saturated heterocycles. The van der Waals surface area contributed by atoms with Crippen molar-refractivity contribution in [3.8, 4) is 5.75 Å². The van der Waals surface area contributed by atoms with Gasteiger partial charge in [0.15, 0.2) is 0 Å². The number of nitrogens with zero attached hydrogens (tertiary/aromatic N) is 2. The molecule has 2 aliphatic heterocycles. The maximum Gasteiger partial charge on any atom is 0.387 e. The number of carbonyl (C=O) groups is 3. The quantitative estimate of drug-likeness (QED) is 0.554. The number of rotatable bonds is 8. The van der Waals surface area contributed by atoms with E-state index in [1.54, 1.807) is 12.1 Å². The van der Waals surface area contributed by atoms with Crippen molar-refractivity contribution in [2.75, 3.05) is 38.2 Å².